The fourth-order valence-corrected chi connectivity index (χ4v) is 4.11. The number of ether oxygens (including phenoxy) is 1. The quantitative estimate of drug-likeness (QED) is 0.797. The lowest BCUT2D eigenvalue weighted by Gasteiger charge is -2.26. The first kappa shape index (κ1) is 18.8. The Morgan fingerprint density at radius 3 is 2.54 bits per heavy atom. The van der Waals surface area contributed by atoms with Crippen molar-refractivity contribution in [2.24, 2.45) is 0 Å². The number of carbonyl (C=O) groups excluding carboxylic acids is 1. The molecule has 1 aliphatic heterocycles. The normalized spacial score (nSPS) is 15.7. The highest BCUT2D eigenvalue weighted by Crippen LogP contribution is 2.19. The summed E-state index contributed by atoms with van der Waals surface area (Å²) in [6, 6.07) is 6.15. The minimum Gasteiger partial charge on any atom is -0.379 e. The Hall–Kier alpha value is -1.94. The fourth-order valence-electron chi connectivity index (χ4n) is 2.55. The Bertz CT molecular complexity index is 861. The van der Waals surface area contributed by atoms with Gasteiger partial charge in [-0.2, -0.15) is 9.40 Å². The zero-order chi connectivity index (χ0) is 18.6. The molecule has 1 aliphatic rings. The van der Waals surface area contributed by atoms with Crippen molar-refractivity contribution >= 4 is 33.2 Å². The van der Waals surface area contributed by atoms with Gasteiger partial charge < -0.3 is 10.1 Å². The third-order valence-corrected chi connectivity index (χ3v) is 6.02. The van der Waals surface area contributed by atoms with E-state index in [1.165, 1.54) is 22.6 Å². The molecule has 0 unspecified atom stereocenters. The molecule has 0 bridgehead atoms. The molecule has 1 N–H and O–H groups in total. The molecule has 0 spiro atoms. The number of rotatable bonds is 6. The van der Waals surface area contributed by atoms with E-state index in [0.29, 0.717) is 43.6 Å². The highest BCUT2D eigenvalue weighted by Gasteiger charge is 2.26. The van der Waals surface area contributed by atoms with Gasteiger partial charge in [0.1, 0.15) is 0 Å². The lowest BCUT2D eigenvalue weighted by Crippen LogP contribution is -2.40. The molecule has 0 saturated carbocycles. The van der Waals surface area contributed by atoms with Crippen LogP contribution >= 0.6 is 11.6 Å². The van der Waals surface area contributed by atoms with Crippen LogP contribution in [0.1, 0.15) is 6.42 Å². The monoisotopic (exact) mass is 398 g/mol. The van der Waals surface area contributed by atoms with Gasteiger partial charge in [0, 0.05) is 37.9 Å². The maximum atomic E-state index is 12.5. The van der Waals surface area contributed by atoms with E-state index in [4.69, 9.17) is 16.3 Å². The van der Waals surface area contributed by atoms with E-state index in [1.807, 2.05) is 0 Å². The van der Waals surface area contributed by atoms with Crippen molar-refractivity contribution in [3.05, 3.63) is 41.7 Å². The summed E-state index contributed by atoms with van der Waals surface area (Å²) in [5, 5.41) is 7.25. The second kappa shape index (κ2) is 8.17. The lowest BCUT2D eigenvalue weighted by molar-refractivity contribution is -0.116. The van der Waals surface area contributed by atoms with Crippen molar-refractivity contribution in [3.8, 4) is 0 Å². The Morgan fingerprint density at radius 2 is 1.92 bits per heavy atom. The summed E-state index contributed by atoms with van der Waals surface area (Å²) < 4.78 is 33.3. The Labute approximate surface area is 156 Å². The molecular formula is C16H19ClN4O4S. The van der Waals surface area contributed by atoms with Gasteiger partial charge in [-0.15, -0.1) is 0 Å². The summed E-state index contributed by atoms with van der Waals surface area (Å²) >= 11 is 5.77. The molecular weight excluding hydrogens is 380 g/mol. The first-order valence-electron chi connectivity index (χ1n) is 8.11. The van der Waals surface area contributed by atoms with Crippen LogP contribution in [0.2, 0.25) is 5.02 Å². The summed E-state index contributed by atoms with van der Waals surface area (Å²) in [7, 11) is -3.53. The Balaban J connectivity index is 1.57. The van der Waals surface area contributed by atoms with Gasteiger partial charge in [0.25, 0.3) is 0 Å². The second-order valence-corrected chi connectivity index (χ2v) is 8.14. The molecule has 140 valence electrons. The first-order chi connectivity index (χ1) is 12.4. The van der Waals surface area contributed by atoms with Crippen LogP contribution in [0.3, 0.4) is 0 Å². The molecule has 1 saturated heterocycles. The minimum atomic E-state index is -3.53. The van der Waals surface area contributed by atoms with Crippen LogP contribution in [0.15, 0.2) is 41.6 Å². The molecule has 2 aromatic rings. The smallest absolute Gasteiger partial charge is 0.243 e. The van der Waals surface area contributed by atoms with E-state index in [0.717, 1.165) is 0 Å². The van der Waals surface area contributed by atoms with Crippen LogP contribution in [0.5, 0.6) is 0 Å². The van der Waals surface area contributed by atoms with Crippen LogP contribution < -0.4 is 5.32 Å². The number of halogens is 1. The molecule has 1 amide bonds. The molecule has 1 aromatic carbocycles. The van der Waals surface area contributed by atoms with Crippen molar-refractivity contribution in [2.75, 3.05) is 31.6 Å². The number of morpholine rings is 1. The van der Waals surface area contributed by atoms with Crippen molar-refractivity contribution < 1.29 is 17.9 Å². The van der Waals surface area contributed by atoms with Gasteiger partial charge in [0.2, 0.25) is 15.9 Å². The SMILES string of the molecule is O=C(CCn1cc(Cl)cn1)Nc1ccc(S(=O)(=O)N2CCOCC2)cc1. The predicted molar refractivity (Wildman–Crippen MR) is 96.5 cm³/mol. The van der Waals surface area contributed by atoms with Gasteiger partial charge in [-0.1, -0.05) is 11.6 Å². The summed E-state index contributed by atoms with van der Waals surface area (Å²) in [5.74, 6) is -0.194. The molecule has 8 nitrogen and oxygen atoms in total. The highest BCUT2D eigenvalue weighted by molar-refractivity contribution is 7.89. The van der Waals surface area contributed by atoms with E-state index >= 15 is 0 Å². The summed E-state index contributed by atoms with van der Waals surface area (Å²) in [6.07, 6.45) is 3.37. The number of anilines is 1. The van der Waals surface area contributed by atoms with Crippen LogP contribution in [0.4, 0.5) is 5.69 Å². The van der Waals surface area contributed by atoms with Gasteiger partial charge >= 0.3 is 0 Å². The number of aryl methyl sites for hydroxylation is 1. The maximum Gasteiger partial charge on any atom is 0.243 e. The zero-order valence-corrected chi connectivity index (χ0v) is 15.5. The second-order valence-electron chi connectivity index (χ2n) is 5.76. The third-order valence-electron chi connectivity index (χ3n) is 3.92. The summed E-state index contributed by atoms with van der Waals surface area (Å²) in [5.41, 5.74) is 0.537. The molecule has 26 heavy (non-hydrogen) atoms. The highest BCUT2D eigenvalue weighted by atomic mass is 35.5. The largest absolute Gasteiger partial charge is 0.379 e. The number of nitrogens with zero attached hydrogens (tertiary/aromatic N) is 3. The number of hydrogen-bond acceptors (Lipinski definition) is 5. The van der Waals surface area contributed by atoms with Gasteiger partial charge in [0.05, 0.1) is 29.3 Å². The van der Waals surface area contributed by atoms with E-state index < -0.39 is 10.0 Å². The third kappa shape index (κ3) is 4.61. The molecule has 2 heterocycles. The molecule has 1 aromatic heterocycles. The zero-order valence-electron chi connectivity index (χ0n) is 14.0. The summed E-state index contributed by atoms with van der Waals surface area (Å²) in [6.45, 7) is 1.89. The number of benzene rings is 1. The Kier molecular flexibility index (Phi) is 5.92. The van der Waals surface area contributed by atoms with Crippen molar-refractivity contribution in [1.82, 2.24) is 14.1 Å². The summed E-state index contributed by atoms with van der Waals surface area (Å²) in [4.78, 5) is 12.2. The van der Waals surface area contributed by atoms with Gasteiger partial charge in [-0.3, -0.25) is 9.48 Å². The van der Waals surface area contributed by atoms with Crippen LogP contribution in [-0.2, 0) is 26.1 Å². The standard InChI is InChI=1S/C16H19ClN4O4S/c17-13-11-18-20(12-13)6-5-16(22)19-14-1-3-15(4-2-14)26(23,24)21-7-9-25-10-8-21/h1-4,11-12H,5-10H2,(H,19,22). The van der Waals surface area contributed by atoms with Crippen LogP contribution in [0.25, 0.3) is 0 Å². The average molecular weight is 399 g/mol. The molecule has 0 radical (unpaired) electrons. The molecule has 3 rings (SSSR count). The number of amides is 1. The van der Waals surface area contributed by atoms with Gasteiger partial charge in [0.15, 0.2) is 0 Å². The van der Waals surface area contributed by atoms with Gasteiger partial charge in [-0.25, -0.2) is 8.42 Å². The van der Waals surface area contributed by atoms with Crippen LogP contribution in [0, 0.1) is 0 Å². The van der Waals surface area contributed by atoms with Gasteiger partial charge in [-0.05, 0) is 24.3 Å². The number of nitrogens with one attached hydrogen (secondary N) is 1. The molecule has 10 heteroatoms. The predicted octanol–water partition coefficient (Wildman–Crippen LogP) is 1.59. The molecule has 0 atom stereocenters. The minimum absolute atomic E-state index is 0.194. The number of sulfonamides is 1. The number of carbonyl (C=O) groups is 1. The van der Waals surface area contributed by atoms with Crippen molar-refractivity contribution in [1.29, 1.82) is 0 Å². The molecule has 0 aliphatic carbocycles. The lowest BCUT2D eigenvalue weighted by atomic mass is 10.3. The average Bonchev–Trinajstić information content (AvgIpc) is 3.06. The van der Waals surface area contributed by atoms with E-state index in [9.17, 15) is 13.2 Å². The van der Waals surface area contributed by atoms with E-state index in [2.05, 4.69) is 10.4 Å². The van der Waals surface area contributed by atoms with Crippen molar-refractivity contribution in [3.63, 3.8) is 0 Å². The topological polar surface area (TPSA) is 93.5 Å². The van der Waals surface area contributed by atoms with Crippen molar-refractivity contribution in [2.45, 2.75) is 17.9 Å². The maximum absolute atomic E-state index is 12.5. The van der Waals surface area contributed by atoms with E-state index in [1.54, 1.807) is 23.0 Å². The van der Waals surface area contributed by atoms with Crippen LogP contribution in [-0.4, -0.2) is 54.7 Å². The number of aromatic nitrogens is 2. The first-order valence-corrected chi connectivity index (χ1v) is 9.93. The van der Waals surface area contributed by atoms with E-state index in [-0.39, 0.29) is 17.2 Å². The Morgan fingerprint density at radius 1 is 1.23 bits per heavy atom. The fraction of sp³-hybridized carbons (Fsp3) is 0.375. The molecule has 1 fully saturated rings. The number of hydrogen-bond donors (Lipinski definition) is 1.